The van der Waals surface area contributed by atoms with Gasteiger partial charge in [-0.3, -0.25) is 4.79 Å². The van der Waals surface area contributed by atoms with Crippen LogP contribution in [0.2, 0.25) is 0 Å². The number of fused-ring (bicyclic) bond motifs is 1. The van der Waals surface area contributed by atoms with E-state index in [0.29, 0.717) is 0 Å². The highest BCUT2D eigenvalue weighted by Crippen LogP contribution is 2.31. The maximum atomic E-state index is 12.8. The Labute approximate surface area is 144 Å². The molecule has 1 amide bonds. The fourth-order valence-corrected chi connectivity index (χ4v) is 4.28. The smallest absolute Gasteiger partial charge is 0.264 e. The Bertz CT molecular complexity index is 905. The third kappa shape index (κ3) is 2.52. The van der Waals surface area contributed by atoms with Crippen LogP contribution in [0.25, 0.3) is 15.9 Å². The van der Waals surface area contributed by atoms with Gasteiger partial charge in [0.05, 0.1) is 16.3 Å². The number of amides is 1. The molecule has 0 radical (unpaired) electrons. The average molecular weight is 340 g/mol. The van der Waals surface area contributed by atoms with Gasteiger partial charge < -0.3 is 10.2 Å². The molecule has 0 unspecified atom stereocenters. The molecule has 3 heterocycles. The number of aromatic nitrogens is 2. The van der Waals surface area contributed by atoms with Crippen LogP contribution in [0.5, 0.6) is 0 Å². The van der Waals surface area contributed by atoms with Crippen molar-refractivity contribution in [2.24, 2.45) is 0 Å². The highest BCUT2D eigenvalue weighted by Gasteiger charge is 2.22. The molecule has 0 bridgehead atoms. The first-order valence-electron chi connectivity index (χ1n) is 8.20. The zero-order valence-corrected chi connectivity index (χ0v) is 14.7. The Morgan fingerprint density at radius 3 is 2.71 bits per heavy atom. The zero-order valence-electron chi connectivity index (χ0n) is 13.9. The van der Waals surface area contributed by atoms with Crippen LogP contribution in [-0.2, 0) is 0 Å². The molecule has 2 aromatic heterocycles. The van der Waals surface area contributed by atoms with E-state index in [4.69, 9.17) is 0 Å². The number of thiophene rings is 1. The number of hydrogen-bond acceptors (Lipinski definition) is 4. The van der Waals surface area contributed by atoms with Crippen LogP contribution in [0.15, 0.2) is 30.3 Å². The summed E-state index contributed by atoms with van der Waals surface area (Å²) in [6.45, 7) is 7.37. The Morgan fingerprint density at radius 2 is 1.96 bits per heavy atom. The first-order chi connectivity index (χ1) is 11.6. The third-order valence-corrected chi connectivity index (χ3v) is 5.60. The molecule has 124 valence electrons. The number of nitrogens with zero attached hydrogens (tertiary/aromatic N) is 3. The van der Waals surface area contributed by atoms with Gasteiger partial charge >= 0.3 is 0 Å². The number of rotatable bonds is 2. The quantitative estimate of drug-likeness (QED) is 0.780. The molecule has 0 atom stereocenters. The maximum absolute atomic E-state index is 12.8. The van der Waals surface area contributed by atoms with Gasteiger partial charge in [0.15, 0.2) is 0 Å². The van der Waals surface area contributed by atoms with Gasteiger partial charge in [-0.25, -0.2) is 4.68 Å². The molecule has 0 spiro atoms. The first-order valence-corrected chi connectivity index (χ1v) is 9.02. The second-order valence-electron chi connectivity index (χ2n) is 6.16. The van der Waals surface area contributed by atoms with Crippen LogP contribution in [0.1, 0.15) is 20.9 Å². The topological polar surface area (TPSA) is 50.2 Å². The second-order valence-corrected chi connectivity index (χ2v) is 7.19. The molecule has 6 heteroatoms. The van der Waals surface area contributed by atoms with E-state index in [9.17, 15) is 4.79 Å². The van der Waals surface area contributed by atoms with Crippen LogP contribution in [0, 0.1) is 13.8 Å². The number of piperazine rings is 1. The summed E-state index contributed by atoms with van der Waals surface area (Å²) in [4.78, 5) is 16.5. The van der Waals surface area contributed by atoms with Gasteiger partial charge in [-0.1, -0.05) is 18.2 Å². The molecule has 5 nitrogen and oxygen atoms in total. The minimum Gasteiger partial charge on any atom is -0.335 e. The summed E-state index contributed by atoms with van der Waals surface area (Å²) >= 11 is 1.54. The van der Waals surface area contributed by atoms with Gasteiger partial charge in [0.25, 0.3) is 5.91 Å². The molecule has 3 aromatic rings. The summed E-state index contributed by atoms with van der Waals surface area (Å²) in [7, 11) is 0. The molecular weight excluding hydrogens is 320 g/mol. The van der Waals surface area contributed by atoms with E-state index in [-0.39, 0.29) is 5.91 Å². The van der Waals surface area contributed by atoms with Gasteiger partial charge in [0.2, 0.25) is 0 Å². The van der Waals surface area contributed by atoms with E-state index in [1.54, 1.807) is 0 Å². The summed E-state index contributed by atoms with van der Waals surface area (Å²) in [6, 6.07) is 10.2. The summed E-state index contributed by atoms with van der Waals surface area (Å²) in [6.07, 6.45) is 0. The van der Waals surface area contributed by atoms with E-state index in [2.05, 4.69) is 29.5 Å². The average Bonchev–Trinajstić information content (AvgIpc) is 3.17. The molecule has 1 aromatic carbocycles. The van der Waals surface area contributed by atoms with Crippen molar-refractivity contribution < 1.29 is 4.79 Å². The number of carbonyl (C=O) groups excluding carboxylic acids is 1. The van der Waals surface area contributed by atoms with Crippen molar-refractivity contribution >= 4 is 27.5 Å². The predicted molar refractivity (Wildman–Crippen MR) is 97.2 cm³/mol. The fourth-order valence-electron chi connectivity index (χ4n) is 3.14. The molecule has 1 N–H and O–H groups in total. The van der Waals surface area contributed by atoms with E-state index in [1.807, 2.05) is 34.7 Å². The Hall–Kier alpha value is -2.18. The Morgan fingerprint density at radius 1 is 1.21 bits per heavy atom. The molecule has 1 aliphatic heterocycles. The molecule has 24 heavy (non-hydrogen) atoms. The highest BCUT2D eigenvalue weighted by molar-refractivity contribution is 7.20. The molecular formula is C18H20N4OS. The Balaban J connectivity index is 1.77. The van der Waals surface area contributed by atoms with E-state index >= 15 is 0 Å². The third-order valence-electron chi connectivity index (χ3n) is 4.50. The predicted octanol–water partition coefficient (Wildman–Crippen LogP) is 2.75. The zero-order chi connectivity index (χ0) is 16.7. The van der Waals surface area contributed by atoms with Gasteiger partial charge in [0.1, 0.15) is 4.83 Å². The number of aryl methyl sites for hydroxylation is 2. The normalized spacial score (nSPS) is 15.2. The lowest BCUT2D eigenvalue weighted by atomic mass is 10.2. The lowest BCUT2D eigenvalue weighted by Gasteiger charge is -2.26. The van der Waals surface area contributed by atoms with Crippen LogP contribution in [0.4, 0.5) is 0 Å². The molecule has 4 rings (SSSR count). The summed E-state index contributed by atoms with van der Waals surface area (Å²) in [5.41, 5.74) is 3.20. The van der Waals surface area contributed by atoms with Crippen LogP contribution in [0.3, 0.4) is 0 Å². The van der Waals surface area contributed by atoms with E-state index in [0.717, 1.165) is 52.7 Å². The van der Waals surface area contributed by atoms with Crippen molar-refractivity contribution in [3.63, 3.8) is 0 Å². The molecule has 1 saturated heterocycles. The molecule has 0 aliphatic carbocycles. The molecule has 1 aliphatic rings. The van der Waals surface area contributed by atoms with E-state index < -0.39 is 0 Å². The first kappa shape index (κ1) is 15.4. The lowest BCUT2D eigenvalue weighted by molar-refractivity contribution is 0.0741. The number of carbonyl (C=O) groups is 1. The summed E-state index contributed by atoms with van der Waals surface area (Å²) in [5.74, 6) is 0.133. The maximum Gasteiger partial charge on any atom is 0.264 e. The monoisotopic (exact) mass is 340 g/mol. The van der Waals surface area contributed by atoms with Crippen molar-refractivity contribution in [1.29, 1.82) is 0 Å². The van der Waals surface area contributed by atoms with Crippen LogP contribution >= 0.6 is 11.3 Å². The number of benzene rings is 1. The van der Waals surface area contributed by atoms with Crippen molar-refractivity contribution in [3.05, 3.63) is 46.5 Å². The minimum atomic E-state index is 0.133. The highest BCUT2D eigenvalue weighted by atomic mass is 32.1. The van der Waals surface area contributed by atoms with Crippen molar-refractivity contribution in [1.82, 2.24) is 20.0 Å². The number of nitrogens with one attached hydrogen (secondary N) is 1. The minimum absolute atomic E-state index is 0.133. The summed E-state index contributed by atoms with van der Waals surface area (Å²) in [5, 5.41) is 9.04. The lowest BCUT2D eigenvalue weighted by Crippen LogP contribution is -2.46. The fraction of sp³-hybridized carbons (Fsp3) is 0.333. The second kappa shape index (κ2) is 6.03. The van der Waals surface area contributed by atoms with E-state index in [1.165, 1.54) is 16.9 Å². The van der Waals surface area contributed by atoms with Crippen LogP contribution < -0.4 is 5.32 Å². The van der Waals surface area contributed by atoms with Gasteiger partial charge in [-0.15, -0.1) is 11.3 Å². The van der Waals surface area contributed by atoms with Gasteiger partial charge in [-0.2, -0.15) is 5.10 Å². The summed E-state index contributed by atoms with van der Waals surface area (Å²) < 4.78 is 1.97. The number of hydrogen-bond donors (Lipinski definition) is 1. The van der Waals surface area contributed by atoms with Gasteiger partial charge in [0, 0.05) is 31.6 Å². The van der Waals surface area contributed by atoms with Crippen LogP contribution in [-0.4, -0.2) is 46.8 Å². The molecule has 0 saturated carbocycles. The standard InChI is InChI=1S/C18H20N4OS/c1-12-5-3-4-6-15(12)22-18-14(13(2)20-22)11-16(24-18)17(23)21-9-7-19-8-10-21/h3-6,11,19H,7-10H2,1-2H3. The Kier molecular flexibility index (Phi) is 3.86. The van der Waals surface area contributed by atoms with Crippen molar-refractivity contribution in [3.8, 4) is 5.69 Å². The van der Waals surface area contributed by atoms with Crippen molar-refractivity contribution in [2.75, 3.05) is 26.2 Å². The SMILES string of the molecule is Cc1ccccc1-n1nc(C)c2cc(C(=O)N3CCNCC3)sc21. The largest absolute Gasteiger partial charge is 0.335 e. The number of para-hydroxylation sites is 1. The van der Waals surface area contributed by atoms with Gasteiger partial charge in [-0.05, 0) is 31.5 Å². The van der Waals surface area contributed by atoms with Crippen molar-refractivity contribution in [2.45, 2.75) is 13.8 Å². The molecule has 1 fully saturated rings.